The number of hydrogen-bond donors (Lipinski definition) is 2. The van der Waals surface area contributed by atoms with Crippen molar-refractivity contribution in [1.82, 2.24) is 4.90 Å². The molecule has 134 valence electrons. The van der Waals surface area contributed by atoms with Gasteiger partial charge in [0.2, 0.25) is 5.91 Å². The van der Waals surface area contributed by atoms with Crippen LogP contribution in [-0.2, 0) is 19.1 Å². The van der Waals surface area contributed by atoms with Gasteiger partial charge in [-0.05, 0) is 31.2 Å². The zero-order chi connectivity index (χ0) is 19.0. The van der Waals surface area contributed by atoms with Crippen molar-refractivity contribution in [1.29, 1.82) is 0 Å². The Labute approximate surface area is 145 Å². The number of carbonyl (C=O) groups excluding carboxylic acids is 3. The maximum Gasteiger partial charge on any atom is 0.337 e. The number of ether oxygens (including phenoxy) is 1. The zero-order valence-corrected chi connectivity index (χ0v) is 14.2. The third-order valence-corrected chi connectivity index (χ3v) is 3.30. The van der Waals surface area contributed by atoms with Crippen molar-refractivity contribution in [2.24, 2.45) is 0 Å². The molecule has 1 aromatic rings. The standard InChI is InChI=1S/C17H20N2O6/c1-11(10-14(20)19(2)9-8-15(21)22)16(23)18-13-6-4-12(5-7-13)17(24)25-3/h4-7,10H,8-9H2,1-3H3,(H,18,23)(H,21,22)/b11-10+. The first-order valence-electron chi connectivity index (χ1n) is 7.39. The number of hydrogen-bond acceptors (Lipinski definition) is 5. The summed E-state index contributed by atoms with van der Waals surface area (Å²) in [6.45, 7) is 1.52. The van der Waals surface area contributed by atoms with Crippen molar-refractivity contribution in [2.45, 2.75) is 13.3 Å². The molecule has 0 heterocycles. The number of rotatable bonds is 7. The van der Waals surface area contributed by atoms with E-state index in [-0.39, 0.29) is 18.5 Å². The molecule has 8 heteroatoms. The lowest BCUT2D eigenvalue weighted by atomic mass is 10.2. The molecular formula is C17H20N2O6. The number of methoxy groups -OCH3 is 1. The molecule has 0 aliphatic rings. The number of carbonyl (C=O) groups is 4. The number of likely N-dealkylation sites (N-methyl/N-ethyl adjacent to an activating group) is 1. The van der Waals surface area contributed by atoms with Crippen LogP contribution < -0.4 is 5.32 Å². The molecule has 8 nitrogen and oxygen atoms in total. The fraction of sp³-hybridized carbons (Fsp3) is 0.294. The van der Waals surface area contributed by atoms with Gasteiger partial charge in [-0.15, -0.1) is 0 Å². The molecule has 0 radical (unpaired) electrons. The van der Waals surface area contributed by atoms with E-state index >= 15 is 0 Å². The van der Waals surface area contributed by atoms with Gasteiger partial charge >= 0.3 is 11.9 Å². The Kier molecular flexibility index (Phi) is 7.33. The lowest BCUT2D eigenvalue weighted by Gasteiger charge is -2.14. The van der Waals surface area contributed by atoms with E-state index in [0.29, 0.717) is 11.3 Å². The molecule has 0 fully saturated rings. The topological polar surface area (TPSA) is 113 Å². The smallest absolute Gasteiger partial charge is 0.337 e. The molecule has 25 heavy (non-hydrogen) atoms. The van der Waals surface area contributed by atoms with Gasteiger partial charge in [0.25, 0.3) is 5.91 Å². The number of amides is 2. The fourth-order valence-electron chi connectivity index (χ4n) is 1.77. The first-order valence-corrected chi connectivity index (χ1v) is 7.39. The minimum absolute atomic E-state index is 0.0502. The monoisotopic (exact) mass is 348 g/mol. The molecular weight excluding hydrogens is 328 g/mol. The number of carboxylic acids is 1. The average molecular weight is 348 g/mol. The van der Waals surface area contributed by atoms with E-state index in [1.54, 1.807) is 0 Å². The summed E-state index contributed by atoms with van der Waals surface area (Å²) in [6.07, 6.45) is 0.966. The van der Waals surface area contributed by atoms with Crippen LogP contribution in [0.4, 0.5) is 5.69 Å². The van der Waals surface area contributed by atoms with Gasteiger partial charge in [-0.1, -0.05) is 0 Å². The molecule has 0 bridgehead atoms. The molecule has 2 amide bonds. The second-order valence-corrected chi connectivity index (χ2v) is 5.25. The largest absolute Gasteiger partial charge is 0.481 e. The minimum atomic E-state index is -1.01. The van der Waals surface area contributed by atoms with Crippen LogP contribution in [0.3, 0.4) is 0 Å². The Morgan fingerprint density at radius 3 is 2.32 bits per heavy atom. The Hall–Kier alpha value is -3.16. The summed E-state index contributed by atoms with van der Waals surface area (Å²) < 4.78 is 4.58. The van der Waals surface area contributed by atoms with Crippen LogP contribution in [0, 0.1) is 0 Å². The van der Waals surface area contributed by atoms with Gasteiger partial charge < -0.3 is 20.1 Å². The van der Waals surface area contributed by atoms with E-state index in [2.05, 4.69) is 10.1 Å². The summed E-state index contributed by atoms with van der Waals surface area (Å²) in [7, 11) is 2.73. The van der Waals surface area contributed by atoms with Crippen molar-refractivity contribution >= 4 is 29.4 Å². The van der Waals surface area contributed by atoms with Crippen molar-refractivity contribution in [3.05, 3.63) is 41.5 Å². The van der Waals surface area contributed by atoms with Crippen molar-refractivity contribution in [3.63, 3.8) is 0 Å². The molecule has 2 N–H and O–H groups in total. The minimum Gasteiger partial charge on any atom is -0.481 e. The maximum absolute atomic E-state index is 12.1. The molecule has 1 aromatic carbocycles. The number of anilines is 1. The SMILES string of the molecule is COC(=O)c1ccc(NC(=O)/C(C)=C/C(=O)N(C)CCC(=O)O)cc1. The quantitative estimate of drug-likeness (QED) is 0.567. The lowest BCUT2D eigenvalue weighted by Crippen LogP contribution is -2.28. The number of benzene rings is 1. The van der Waals surface area contributed by atoms with Crippen LogP contribution in [0.15, 0.2) is 35.9 Å². The van der Waals surface area contributed by atoms with Gasteiger partial charge in [0.05, 0.1) is 19.1 Å². The molecule has 0 spiro atoms. The van der Waals surface area contributed by atoms with Crippen LogP contribution in [0.2, 0.25) is 0 Å². The van der Waals surface area contributed by atoms with Crippen LogP contribution in [0.25, 0.3) is 0 Å². The first kappa shape index (κ1) is 19.9. The summed E-state index contributed by atoms with van der Waals surface area (Å²) in [6, 6.07) is 6.09. The molecule has 0 aromatic heterocycles. The molecule has 0 aliphatic heterocycles. The molecule has 0 atom stereocenters. The van der Waals surface area contributed by atoms with Gasteiger partial charge in [0.15, 0.2) is 0 Å². The highest BCUT2D eigenvalue weighted by molar-refractivity contribution is 6.07. The fourth-order valence-corrected chi connectivity index (χ4v) is 1.77. The van der Waals surface area contributed by atoms with Crippen LogP contribution >= 0.6 is 0 Å². The number of carboxylic acid groups (broad SMARTS) is 1. The number of nitrogens with one attached hydrogen (secondary N) is 1. The summed E-state index contributed by atoms with van der Waals surface area (Å²) in [5.41, 5.74) is 0.976. The van der Waals surface area contributed by atoms with Crippen LogP contribution in [0.1, 0.15) is 23.7 Å². The Balaban J connectivity index is 2.67. The lowest BCUT2D eigenvalue weighted by molar-refractivity contribution is -0.137. The number of nitrogens with zero attached hydrogens (tertiary/aromatic N) is 1. The van der Waals surface area contributed by atoms with Gasteiger partial charge in [-0.25, -0.2) is 4.79 Å². The van der Waals surface area contributed by atoms with E-state index in [1.165, 1.54) is 50.2 Å². The van der Waals surface area contributed by atoms with Gasteiger partial charge in [-0.2, -0.15) is 0 Å². The number of esters is 1. The summed E-state index contributed by atoms with van der Waals surface area (Å²) >= 11 is 0. The van der Waals surface area contributed by atoms with Crippen molar-refractivity contribution in [3.8, 4) is 0 Å². The Morgan fingerprint density at radius 2 is 1.80 bits per heavy atom. The highest BCUT2D eigenvalue weighted by Gasteiger charge is 2.12. The first-order chi connectivity index (χ1) is 11.7. The summed E-state index contributed by atoms with van der Waals surface area (Å²) in [5.74, 6) is -2.43. The molecule has 0 unspecified atom stereocenters. The van der Waals surface area contributed by atoms with Crippen molar-refractivity contribution in [2.75, 3.05) is 26.0 Å². The van der Waals surface area contributed by atoms with Gasteiger partial charge in [-0.3, -0.25) is 14.4 Å². The molecule has 0 aliphatic carbocycles. The Bertz CT molecular complexity index is 694. The van der Waals surface area contributed by atoms with Crippen LogP contribution in [-0.4, -0.2) is 54.5 Å². The molecule has 0 saturated carbocycles. The van der Waals surface area contributed by atoms with E-state index < -0.39 is 23.8 Å². The van der Waals surface area contributed by atoms with E-state index in [4.69, 9.17) is 5.11 Å². The second-order valence-electron chi connectivity index (χ2n) is 5.25. The van der Waals surface area contributed by atoms with Crippen LogP contribution in [0.5, 0.6) is 0 Å². The van der Waals surface area contributed by atoms with Crippen molar-refractivity contribution < 1.29 is 29.0 Å². The normalized spacial score (nSPS) is 10.8. The maximum atomic E-state index is 12.1. The zero-order valence-electron chi connectivity index (χ0n) is 14.2. The summed E-state index contributed by atoms with van der Waals surface area (Å²) in [4.78, 5) is 47.0. The Morgan fingerprint density at radius 1 is 1.20 bits per heavy atom. The van der Waals surface area contributed by atoms with E-state index in [9.17, 15) is 19.2 Å². The van der Waals surface area contributed by atoms with Gasteiger partial charge in [0, 0.05) is 30.9 Å². The summed E-state index contributed by atoms with van der Waals surface area (Å²) in [5, 5.41) is 11.2. The number of aliphatic carboxylic acids is 1. The molecule has 0 saturated heterocycles. The highest BCUT2D eigenvalue weighted by Crippen LogP contribution is 2.11. The molecule has 1 rings (SSSR count). The van der Waals surface area contributed by atoms with Gasteiger partial charge in [0.1, 0.15) is 0 Å². The van der Waals surface area contributed by atoms with E-state index in [1.807, 2.05) is 0 Å². The average Bonchev–Trinajstić information content (AvgIpc) is 2.59. The predicted molar refractivity (Wildman–Crippen MR) is 90.1 cm³/mol. The predicted octanol–water partition coefficient (Wildman–Crippen LogP) is 1.29. The van der Waals surface area contributed by atoms with E-state index in [0.717, 1.165) is 6.08 Å². The highest BCUT2D eigenvalue weighted by atomic mass is 16.5. The third-order valence-electron chi connectivity index (χ3n) is 3.30. The third kappa shape index (κ3) is 6.46. The second kappa shape index (κ2) is 9.21.